The van der Waals surface area contributed by atoms with Gasteiger partial charge < -0.3 is 14.6 Å². The highest BCUT2D eigenvalue weighted by Crippen LogP contribution is 1.96. The Hall–Kier alpha value is -0.870. The summed E-state index contributed by atoms with van der Waals surface area (Å²) in [5, 5.41) is 8.84. The normalized spacial score (nSPS) is 12.1. The second kappa shape index (κ2) is 8.72. The molecular weight excluding hydrogens is 184 g/mol. The Bertz CT molecular complexity index is 168. The van der Waals surface area contributed by atoms with Crippen LogP contribution in [0.4, 0.5) is 0 Å². The van der Waals surface area contributed by atoms with E-state index in [4.69, 9.17) is 14.6 Å². The Labute approximate surface area is 84.5 Å². The predicted molar refractivity (Wildman–Crippen MR) is 52.9 cm³/mol. The van der Waals surface area contributed by atoms with E-state index in [1.165, 1.54) is 0 Å². The van der Waals surface area contributed by atoms with Crippen LogP contribution in [0.25, 0.3) is 0 Å². The second-order valence-corrected chi connectivity index (χ2v) is 2.87. The Balaban J connectivity index is 3.57. The molecule has 0 aromatic rings. The van der Waals surface area contributed by atoms with Gasteiger partial charge in [0, 0.05) is 12.7 Å². The molecule has 0 amide bonds. The molecule has 0 aromatic heterocycles. The quantitative estimate of drug-likeness (QED) is 0.361. The lowest BCUT2D eigenvalue weighted by molar-refractivity contribution is -0.148. The minimum Gasteiger partial charge on any atom is -0.454 e. The number of rotatable bonds is 8. The SMILES string of the molecule is C=CC(=O)OC(CO)COCCCC. The third kappa shape index (κ3) is 6.62. The van der Waals surface area contributed by atoms with Crippen molar-refractivity contribution in [3.63, 3.8) is 0 Å². The predicted octanol–water partition coefficient (Wildman–Crippen LogP) is 0.893. The van der Waals surface area contributed by atoms with E-state index in [1.807, 2.05) is 0 Å². The first-order valence-corrected chi connectivity index (χ1v) is 4.76. The highest BCUT2D eigenvalue weighted by atomic mass is 16.6. The van der Waals surface area contributed by atoms with E-state index >= 15 is 0 Å². The minimum absolute atomic E-state index is 0.230. The fraction of sp³-hybridized carbons (Fsp3) is 0.700. The fourth-order valence-electron chi connectivity index (χ4n) is 0.798. The van der Waals surface area contributed by atoms with E-state index in [1.54, 1.807) is 0 Å². The number of carbonyl (C=O) groups is 1. The molecule has 0 saturated carbocycles. The van der Waals surface area contributed by atoms with Gasteiger partial charge in [-0.3, -0.25) is 0 Å². The number of hydrogen-bond donors (Lipinski definition) is 1. The minimum atomic E-state index is -0.586. The first kappa shape index (κ1) is 13.1. The van der Waals surface area contributed by atoms with Gasteiger partial charge in [-0.2, -0.15) is 0 Å². The monoisotopic (exact) mass is 202 g/mol. The zero-order valence-corrected chi connectivity index (χ0v) is 8.57. The summed E-state index contributed by atoms with van der Waals surface area (Å²) in [7, 11) is 0. The number of aliphatic hydroxyl groups excluding tert-OH is 1. The molecule has 0 aliphatic heterocycles. The summed E-state index contributed by atoms with van der Waals surface area (Å²) < 4.78 is 10.00. The van der Waals surface area contributed by atoms with Crippen molar-refractivity contribution in [3.05, 3.63) is 12.7 Å². The maximum absolute atomic E-state index is 10.8. The highest BCUT2D eigenvalue weighted by Gasteiger charge is 2.10. The molecule has 1 N–H and O–H groups in total. The Morgan fingerprint density at radius 3 is 2.86 bits per heavy atom. The molecule has 0 saturated heterocycles. The van der Waals surface area contributed by atoms with Crippen molar-refractivity contribution in [1.29, 1.82) is 0 Å². The van der Waals surface area contributed by atoms with Crippen molar-refractivity contribution in [2.24, 2.45) is 0 Å². The molecule has 1 unspecified atom stereocenters. The van der Waals surface area contributed by atoms with E-state index < -0.39 is 12.1 Å². The standard InChI is InChI=1S/C10H18O4/c1-3-5-6-13-8-9(7-11)14-10(12)4-2/h4,9,11H,2-3,5-8H2,1H3. The van der Waals surface area contributed by atoms with Crippen molar-refractivity contribution in [1.82, 2.24) is 0 Å². The molecule has 0 radical (unpaired) electrons. The summed E-state index contributed by atoms with van der Waals surface area (Å²) >= 11 is 0. The number of ether oxygens (including phenoxy) is 2. The molecule has 0 aromatic carbocycles. The van der Waals surface area contributed by atoms with Crippen LogP contribution in [-0.2, 0) is 14.3 Å². The van der Waals surface area contributed by atoms with Gasteiger partial charge in [0.05, 0.1) is 13.2 Å². The first-order valence-electron chi connectivity index (χ1n) is 4.76. The smallest absolute Gasteiger partial charge is 0.330 e. The van der Waals surface area contributed by atoms with Crippen molar-refractivity contribution >= 4 is 5.97 Å². The molecule has 0 aliphatic rings. The van der Waals surface area contributed by atoms with Crippen molar-refractivity contribution in [2.75, 3.05) is 19.8 Å². The lowest BCUT2D eigenvalue weighted by Gasteiger charge is -2.14. The van der Waals surface area contributed by atoms with Crippen LogP contribution < -0.4 is 0 Å². The molecule has 4 nitrogen and oxygen atoms in total. The summed E-state index contributed by atoms with van der Waals surface area (Å²) in [6.45, 7) is 5.95. The molecule has 0 heterocycles. The van der Waals surface area contributed by atoms with Crippen LogP contribution >= 0.6 is 0 Å². The van der Waals surface area contributed by atoms with E-state index in [-0.39, 0.29) is 13.2 Å². The van der Waals surface area contributed by atoms with Crippen LogP contribution in [0, 0.1) is 0 Å². The molecule has 14 heavy (non-hydrogen) atoms. The van der Waals surface area contributed by atoms with Gasteiger partial charge in [-0.25, -0.2) is 4.79 Å². The van der Waals surface area contributed by atoms with Gasteiger partial charge in [-0.1, -0.05) is 19.9 Å². The number of esters is 1. The number of carbonyl (C=O) groups excluding carboxylic acids is 1. The van der Waals surface area contributed by atoms with Crippen LogP contribution in [-0.4, -0.2) is 37.0 Å². The first-order chi connectivity index (χ1) is 6.74. The number of unbranched alkanes of at least 4 members (excludes halogenated alkanes) is 1. The maximum atomic E-state index is 10.8. The molecule has 0 rings (SSSR count). The average molecular weight is 202 g/mol. The molecule has 82 valence electrons. The zero-order valence-electron chi connectivity index (χ0n) is 8.57. The van der Waals surface area contributed by atoms with Crippen LogP contribution in [0.3, 0.4) is 0 Å². The molecular formula is C10H18O4. The van der Waals surface area contributed by atoms with Gasteiger partial charge in [0.25, 0.3) is 0 Å². The molecule has 0 aliphatic carbocycles. The maximum Gasteiger partial charge on any atom is 0.330 e. The molecule has 0 bridgehead atoms. The third-order valence-corrected chi connectivity index (χ3v) is 1.60. The summed E-state index contributed by atoms with van der Waals surface area (Å²) in [4.78, 5) is 10.8. The van der Waals surface area contributed by atoms with E-state index in [0.29, 0.717) is 6.61 Å². The van der Waals surface area contributed by atoms with E-state index in [0.717, 1.165) is 18.9 Å². The van der Waals surface area contributed by atoms with Crippen LogP contribution in [0.5, 0.6) is 0 Å². The van der Waals surface area contributed by atoms with Gasteiger partial charge in [0.1, 0.15) is 6.10 Å². The Morgan fingerprint density at radius 1 is 1.64 bits per heavy atom. The second-order valence-electron chi connectivity index (χ2n) is 2.87. The van der Waals surface area contributed by atoms with Crippen molar-refractivity contribution in [3.8, 4) is 0 Å². The van der Waals surface area contributed by atoms with Gasteiger partial charge in [0.15, 0.2) is 0 Å². The largest absolute Gasteiger partial charge is 0.454 e. The molecule has 0 fully saturated rings. The van der Waals surface area contributed by atoms with E-state index in [2.05, 4.69) is 13.5 Å². The Morgan fingerprint density at radius 2 is 2.36 bits per heavy atom. The summed E-state index contributed by atoms with van der Waals surface area (Å²) in [5.41, 5.74) is 0. The third-order valence-electron chi connectivity index (χ3n) is 1.60. The van der Waals surface area contributed by atoms with Crippen LogP contribution in [0.1, 0.15) is 19.8 Å². The Kier molecular flexibility index (Phi) is 8.17. The van der Waals surface area contributed by atoms with Crippen molar-refractivity contribution in [2.45, 2.75) is 25.9 Å². The molecule has 1 atom stereocenters. The van der Waals surface area contributed by atoms with Crippen molar-refractivity contribution < 1.29 is 19.4 Å². The van der Waals surface area contributed by atoms with E-state index in [9.17, 15) is 4.79 Å². The lowest BCUT2D eigenvalue weighted by atomic mass is 10.3. The van der Waals surface area contributed by atoms with Gasteiger partial charge >= 0.3 is 5.97 Å². The van der Waals surface area contributed by atoms with Gasteiger partial charge in [-0.15, -0.1) is 0 Å². The summed E-state index contributed by atoms with van der Waals surface area (Å²) in [6, 6.07) is 0. The fourth-order valence-corrected chi connectivity index (χ4v) is 0.798. The average Bonchev–Trinajstić information content (AvgIpc) is 2.22. The highest BCUT2D eigenvalue weighted by molar-refractivity contribution is 5.81. The number of aliphatic hydroxyl groups is 1. The molecule has 4 heteroatoms. The lowest BCUT2D eigenvalue weighted by Crippen LogP contribution is -2.26. The van der Waals surface area contributed by atoms with Crippen LogP contribution in [0.2, 0.25) is 0 Å². The zero-order chi connectivity index (χ0) is 10.8. The summed E-state index contributed by atoms with van der Waals surface area (Å²) in [6.07, 6.45) is 2.50. The topological polar surface area (TPSA) is 55.8 Å². The van der Waals surface area contributed by atoms with Gasteiger partial charge in [0.2, 0.25) is 0 Å². The number of hydrogen-bond acceptors (Lipinski definition) is 4. The molecule has 0 spiro atoms. The summed E-state index contributed by atoms with van der Waals surface area (Å²) in [5.74, 6) is -0.539. The van der Waals surface area contributed by atoms with Gasteiger partial charge in [-0.05, 0) is 6.42 Å². The van der Waals surface area contributed by atoms with Crippen LogP contribution in [0.15, 0.2) is 12.7 Å².